The molecule has 1 unspecified atom stereocenters. The Morgan fingerprint density at radius 1 is 1.38 bits per heavy atom. The van der Waals surface area contributed by atoms with E-state index >= 15 is 0 Å². The molecule has 1 aliphatic rings. The van der Waals surface area contributed by atoms with E-state index in [1.165, 1.54) is 6.07 Å². The van der Waals surface area contributed by atoms with E-state index in [1.807, 2.05) is 6.92 Å². The SMILES string of the molecule is CCc1ccc(NC(=O)C(N)C2CCOCC2)cc1S(N)(=O)=O.Cl. The highest BCUT2D eigenvalue weighted by atomic mass is 35.5. The second kappa shape index (κ2) is 8.77. The minimum Gasteiger partial charge on any atom is -0.381 e. The number of nitrogens with two attached hydrogens (primary N) is 2. The fourth-order valence-corrected chi connectivity index (χ4v) is 3.57. The molecule has 1 fully saturated rings. The van der Waals surface area contributed by atoms with E-state index in [1.54, 1.807) is 12.1 Å². The number of benzene rings is 1. The molecule has 1 aromatic rings. The van der Waals surface area contributed by atoms with Gasteiger partial charge in [-0.1, -0.05) is 13.0 Å². The summed E-state index contributed by atoms with van der Waals surface area (Å²) >= 11 is 0. The third kappa shape index (κ3) is 5.15. The van der Waals surface area contributed by atoms with Crippen LogP contribution in [0.25, 0.3) is 0 Å². The van der Waals surface area contributed by atoms with Crippen molar-refractivity contribution in [2.24, 2.45) is 16.8 Å². The molecule has 1 saturated heterocycles. The highest BCUT2D eigenvalue weighted by Crippen LogP contribution is 2.22. The monoisotopic (exact) mass is 377 g/mol. The maximum Gasteiger partial charge on any atom is 0.241 e. The van der Waals surface area contributed by atoms with Crippen LogP contribution in [-0.2, 0) is 26.0 Å². The lowest BCUT2D eigenvalue weighted by Gasteiger charge is -2.26. The summed E-state index contributed by atoms with van der Waals surface area (Å²) in [6, 6.07) is 4.03. The summed E-state index contributed by atoms with van der Waals surface area (Å²) in [4.78, 5) is 12.3. The van der Waals surface area contributed by atoms with Crippen molar-refractivity contribution in [3.8, 4) is 0 Å². The molecule has 0 saturated carbocycles. The van der Waals surface area contributed by atoms with Crippen LogP contribution in [0.2, 0.25) is 0 Å². The summed E-state index contributed by atoms with van der Waals surface area (Å²) in [5.74, 6) is -0.266. The van der Waals surface area contributed by atoms with Gasteiger partial charge in [-0.15, -0.1) is 12.4 Å². The van der Waals surface area contributed by atoms with Gasteiger partial charge in [0, 0.05) is 18.9 Å². The number of nitrogens with one attached hydrogen (secondary N) is 1. The van der Waals surface area contributed by atoms with Gasteiger partial charge in [-0.3, -0.25) is 4.79 Å². The van der Waals surface area contributed by atoms with Crippen molar-refractivity contribution >= 4 is 34.0 Å². The van der Waals surface area contributed by atoms with E-state index in [-0.39, 0.29) is 29.1 Å². The number of ether oxygens (including phenoxy) is 1. The van der Waals surface area contributed by atoms with Crippen LogP contribution in [-0.4, -0.2) is 33.6 Å². The zero-order valence-corrected chi connectivity index (χ0v) is 15.2. The summed E-state index contributed by atoms with van der Waals surface area (Å²) < 4.78 is 28.6. The van der Waals surface area contributed by atoms with Crippen molar-refractivity contribution in [3.05, 3.63) is 23.8 Å². The lowest BCUT2D eigenvalue weighted by molar-refractivity contribution is -0.119. The van der Waals surface area contributed by atoms with Gasteiger partial charge >= 0.3 is 0 Å². The second-order valence-corrected chi connectivity index (χ2v) is 7.22. The lowest BCUT2D eigenvalue weighted by atomic mass is 9.92. The first-order valence-corrected chi connectivity index (χ1v) is 9.17. The molecule has 0 aliphatic carbocycles. The van der Waals surface area contributed by atoms with Crippen molar-refractivity contribution < 1.29 is 17.9 Å². The molecule has 0 radical (unpaired) electrons. The first kappa shape index (κ1) is 20.9. The zero-order valence-electron chi connectivity index (χ0n) is 13.5. The van der Waals surface area contributed by atoms with Gasteiger partial charge in [-0.25, -0.2) is 13.6 Å². The topological polar surface area (TPSA) is 125 Å². The van der Waals surface area contributed by atoms with Crippen LogP contribution >= 0.6 is 12.4 Å². The average molecular weight is 378 g/mol. The van der Waals surface area contributed by atoms with Crippen molar-refractivity contribution in [1.82, 2.24) is 0 Å². The van der Waals surface area contributed by atoms with Crippen LogP contribution < -0.4 is 16.2 Å². The molecule has 0 bridgehead atoms. The molecule has 1 heterocycles. The zero-order chi connectivity index (χ0) is 17.0. The maximum absolute atomic E-state index is 12.3. The van der Waals surface area contributed by atoms with E-state index in [9.17, 15) is 13.2 Å². The molecule has 1 aromatic carbocycles. The van der Waals surface area contributed by atoms with Crippen LogP contribution in [0.4, 0.5) is 5.69 Å². The quantitative estimate of drug-likeness (QED) is 0.706. The summed E-state index contributed by atoms with van der Waals surface area (Å²) in [5, 5.41) is 7.91. The fraction of sp³-hybridized carbons (Fsp3) is 0.533. The summed E-state index contributed by atoms with van der Waals surface area (Å²) in [5.41, 5.74) is 6.99. The number of amides is 1. The summed E-state index contributed by atoms with van der Waals surface area (Å²) in [6.07, 6.45) is 2.01. The number of anilines is 1. The van der Waals surface area contributed by atoms with Gasteiger partial charge < -0.3 is 15.8 Å². The standard InChI is InChI=1S/C15H23N3O4S.ClH/c1-2-10-3-4-12(9-13(10)23(17,20)21)18-15(19)14(16)11-5-7-22-8-6-11;/h3-4,9,11,14H,2,5-8,16H2,1H3,(H,18,19)(H2,17,20,21);1H. The molecule has 0 aromatic heterocycles. The Kier molecular flexibility index (Phi) is 7.62. The molecule has 1 aliphatic heterocycles. The predicted octanol–water partition coefficient (Wildman–Crippen LogP) is 1.01. The number of carbonyl (C=O) groups excluding carboxylic acids is 1. The van der Waals surface area contributed by atoms with E-state index in [2.05, 4.69) is 5.32 Å². The van der Waals surface area contributed by atoms with Crippen molar-refractivity contribution in [3.63, 3.8) is 0 Å². The smallest absolute Gasteiger partial charge is 0.241 e. The molecule has 5 N–H and O–H groups in total. The van der Waals surface area contributed by atoms with Crippen LogP contribution in [0.5, 0.6) is 0 Å². The Morgan fingerprint density at radius 3 is 2.54 bits per heavy atom. The highest BCUT2D eigenvalue weighted by Gasteiger charge is 2.27. The summed E-state index contributed by atoms with van der Waals surface area (Å²) in [7, 11) is -3.84. The Morgan fingerprint density at radius 2 is 2.00 bits per heavy atom. The number of aryl methyl sites for hydroxylation is 1. The molecular weight excluding hydrogens is 354 g/mol. The van der Waals surface area contributed by atoms with Crippen molar-refractivity contribution in [1.29, 1.82) is 0 Å². The van der Waals surface area contributed by atoms with Gasteiger partial charge in [-0.05, 0) is 42.9 Å². The molecule has 24 heavy (non-hydrogen) atoms. The van der Waals surface area contributed by atoms with Crippen LogP contribution in [0.3, 0.4) is 0 Å². The molecule has 9 heteroatoms. The Balaban J connectivity index is 0.00000288. The minimum atomic E-state index is -3.84. The number of hydrogen-bond donors (Lipinski definition) is 3. The van der Waals surface area contributed by atoms with E-state index < -0.39 is 16.1 Å². The molecule has 136 valence electrons. The largest absolute Gasteiger partial charge is 0.381 e. The maximum atomic E-state index is 12.3. The molecule has 0 spiro atoms. The first-order chi connectivity index (χ1) is 10.8. The Bertz CT molecular complexity index is 675. The number of sulfonamides is 1. The third-order valence-electron chi connectivity index (χ3n) is 4.10. The number of hydrogen-bond acceptors (Lipinski definition) is 5. The van der Waals surface area contributed by atoms with E-state index in [4.69, 9.17) is 15.6 Å². The molecular formula is C15H24ClN3O4S. The van der Waals surface area contributed by atoms with E-state index in [0.29, 0.717) is 30.9 Å². The van der Waals surface area contributed by atoms with Crippen LogP contribution in [0.15, 0.2) is 23.1 Å². The van der Waals surface area contributed by atoms with Crippen molar-refractivity contribution in [2.45, 2.75) is 37.1 Å². The van der Waals surface area contributed by atoms with Gasteiger partial charge in [0.2, 0.25) is 15.9 Å². The number of primary sulfonamides is 1. The number of carbonyl (C=O) groups is 1. The fourth-order valence-electron chi connectivity index (χ4n) is 2.70. The summed E-state index contributed by atoms with van der Waals surface area (Å²) in [6.45, 7) is 3.04. The Hall–Kier alpha value is -1.19. The van der Waals surface area contributed by atoms with Gasteiger partial charge in [0.25, 0.3) is 0 Å². The van der Waals surface area contributed by atoms with Crippen LogP contribution in [0, 0.1) is 5.92 Å². The first-order valence-electron chi connectivity index (χ1n) is 7.63. The minimum absolute atomic E-state index is 0. The highest BCUT2D eigenvalue weighted by molar-refractivity contribution is 7.89. The number of rotatable bonds is 5. The molecule has 1 atom stereocenters. The Labute approximate surface area is 148 Å². The van der Waals surface area contributed by atoms with E-state index in [0.717, 1.165) is 12.8 Å². The lowest BCUT2D eigenvalue weighted by Crippen LogP contribution is -2.44. The normalized spacial score (nSPS) is 17.0. The molecule has 2 rings (SSSR count). The van der Waals surface area contributed by atoms with Gasteiger partial charge in [0.15, 0.2) is 0 Å². The van der Waals surface area contributed by atoms with Crippen LogP contribution in [0.1, 0.15) is 25.3 Å². The average Bonchev–Trinajstić information content (AvgIpc) is 2.54. The van der Waals surface area contributed by atoms with Gasteiger partial charge in [0.05, 0.1) is 10.9 Å². The number of halogens is 1. The van der Waals surface area contributed by atoms with Crippen molar-refractivity contribution in [2.75, 3.05) is 18.5 Å². The third-order valence-corrected chi connectivity index (χ3v) is 5.09. The molecule has 1 amide bonds. The van der Waals surface area contributed by atoms with Gasteiger partial charge in [0.1, 0.15) is 0 Å². The molecule has 7 nitrogen and oxygen atoms in total. The van der Waals surface area contributed by atoms with Gasteiger partial charge in [-0.2, -0.15) is 0 Å². The predicted molar refractivity (Wildman–Crippen MR) is 94.6 cm³/mol. The second-order valence-electron chi connectivity index (χ2n) is 5.69.